The van der Waals surface area contributed by atoms with E-state index in [0.717, 1.165) is 23.4 Å². The van der Waals surface area contributed by atoms with Crippen molar-refractivity contribution in [3.8, 4) is 0 Å². The molecule has 0 bridgehead atoms. The van der Waals surface area contributed by atoms with Gasteiger partial charge in [0, 0.05) is 18.9 Å². The number of allylic oxidation sites excluding steroid dienone is 4. The monoisotopic (exact) mass is 342 g/mol. The Bertz CT molecular complexity index is 643. The molecule has 0 unspecified atom stereocenters. The van der Waals surface area contributed by atoms with Crippen LogP contribution in [0.15, 0.2) is 59.2 Å². The lowest BCUT2D eigenvalue weighted by atomic mass is 9.72. The molecule has 2 aliphatic rings. The Labute approximate surface area is 151 Å². The number of hydrogen-bond acceptors (Lipinski definition) is 5. The van der Waals surface area contributed by atoms with Gasteiger partial charge in [-0.25, -0.2) is 4.89 Å². The molecule has 2 radical (unpaired) electrons. The molecule has 0 atom stereocenters. The topological polar surface area (TPSA) is 62.8 Å². The molecule has 0 aliphatic carbocycles. The maximum atomic E-state index is 8.63. The van der Waals surface area contributed by atoms with Crippen molar-refractivity contribution in [1.29, 1.82) is 0 Å². The molecule has 0 aromatic heterocycles. The van der Waals surface area contributed by atoms with E-state index in [0.29, 0.717) is 0 Å². The predicted octanol–water partition coefficient (Wildman–Crippen LogP) is 3.11. The highest BCUT2D eigenvalue weighted by molar-refractivity contribution is 6.08. The number of ether oxygens (including phenoxy) is 1. The van der Waals surface area contributed by atoms with Gasteiger partial charge in [-0.05, 0) is 61.1 Å². The van der Waals surface area contributed by atoms with Gasteiger partial charge in [-0.3, -0.25) is 5.26 Å². The van der Waals surface area contributed by atoms with Crippen molar-refractivity contribution in [2.75, 3.05) is 13.1 Å². The highest BCUT2D eigenvalue weighted by Gasteiger charge is 2.38. The average molecular weight is 342 g/mol. The summed E-state index contributed by atoms with van der Waals surface area (Å²) in [7, 11) is 5.58. The summed E-state index contributed by atoms with van der Waals surface area (Å²) in [5.41, 5.74) is 3.53. The summed E-state index contributed by atoms with van der Waals surface area (Å²) in [6.07, 6.45) is 12.6. The molecule has 0 spiro atoms. The smallest absolute Gasteiger partial charge is 0.107 e. The third-order valence-corrected chi connectivity index (χ3v) is 4.97. The molecule has 3 N–H and O–H groups in total. The van der Waals surface area contributed by atoms with E-state index in [1.54, 1.807) is 0 Å². The zero-order valence-corrected chi connectivity index (χ0v) is 15.4. The third-order valence-electron chi connectivity index (χ3n) is 4.97. The van der Waals surface area contributed by atoms with Crippen molar-refractivity contribution in [3.63, 3.8) is 0 Å². The first kappa shape index (κ1) is 19.6. The Morgan fingerprint density at radius 2 is 1.56 bits per heavy atom. The van der Waals surface area contributed by atoms with Crippen LogP contribution in [0.3, 0.4) is 0 Å². The highest BCUT2D eigenvalue weighted by atomic mass is 17.1. The molecule has 2 heterocycles. The summed E-state index contributed by atoms with van der Waals surface area (Å²) in [5.74, 6) is 0. The van der Waals surface area contributed by atoms with Gasteiger partial charge in [0.1, 0.15) is 14.5 Å². The van der Waals surface area contributed by atoms with E-state index in [9.17, 15) is 0 Å². The summed E-state index contributed by atoms with van der Waals surface area (Å²) in [6.45, 7) is 8.87. The van der Waals surface area contributed by atoms with Crippen LogP contribution in [0.1, 0.15) is 34.1 Å². The molecule has 2 rings (SSSR count). The fraction of sp³-hybridized carbons (Fsp3) is 0.474. The van der Waals surface area contributed by atoms with Gasteiger partial charge in [0.2, 0.25) is 0 Å². The van der Waals surface area contributed by atoms with Crippen LogP contribution in [-0.2, 0) is 9.62 Å². The molecule has 0 fully saturated rings. The Hall–Kier alpha value is -1.76. The van der Waals surface area contributed by atoms with E-state index in [1.807, 2.05) is 24.6 Å². The summed E-state index contributed by atoms with van der Waals surface area (Å²) < 4.78 is 5.75. The van der Waals surface area contributed by atoms with Crippen LogP contribution in [0.25, 0.3) is 0 Å². The maximum absolute atomic E-state index is 8.63. The minimum atomic E-state index is -0.341. The van der Waals surface area contributed by atoms with Crippen LogP contribution in [0, 0.1) is 5.41 Å². The Morgan fingerprint density at radius 1 is 1.00 bits per heavy atom. The average Bonchev–Trinajstić information content (AvgIpc) is 2.55. The minimum absolute atomic E-state index is 0.0959. The van der Waals surface area contributed by atoms with Gasteiger partial charge < -0.3 is 15.4 Å². The number of dihydropyridines is 2. The lowest BCUT2D eigenvalue weighted by Gasteiger charge is -2.42. The molecule has 0 saturated carbocycles. The lowest BCUT2D eigenvalue weighted by Crippen LogP contribution is -2.42. The summed E-state index contributed by atoms with van der Waals surface area (Å²) in [4.78, 5) is 4.22. The van der Waals surface area contributed by atoms with E-state index in [4.69, 9.17) is 17.8 Å². The van der Waals surface area contributed by atoms with Gasteiger partial charge in [0.05, 0.1) is 17.0 Å². The largest absolute Gasteiger partial charge is 0.385 e. The predicted molar refractivity (Wildman–Crippen MR) is 101 cm³/mol. The fourth-order valence-corrected chi connectivity index (χ4v) is 2.74. The van der Waals surface area contributed by atoms with Crippen LogP contribution in [0.4, 0.5) is 0 Å². The second-order valence-corrected chi connectivity index (χ2v) is 7.38. The Balaban J connectivity index is 2.22. The Morgan fingerprint density at radius 3 is 2.12 bits per heavy atom. The molecule has 0 aromatic carbocycles. The number of hydrogen-bond donors (Lipinski definition) is 3. The zero-order chi connectivity index (χ0) is 18.5. The van der Waals surface area contributed by atoms with E-state index in [2.05, 4.69) is 55.4 Å². The molecule has 134 valence electrons. The SMILES string of the molecule is [B]COC(C)(C)C(C)(C)CC1=CC(=C2C=C(COO)C=CN2)NC=C1. The van der Waals surface area contributed by atoms with E-state index < -0.39 is 0 Å². The first-order chi connectivity index (χ1) is 11.8. The maximum Gasteiger partial charge on any atom is 0.107 e. The van der Waals surface area contributed by atoms with Crippen LogP contribution < -0.4 is 10.6 Å². The first-order valence-corrected chi connectivity index (χ1v) is 8.41. The second kappa shape index (κ2) is 8.08. The summed E-state index contributed by atoms with van der Waals surface area (Å²) in [5, 5.41) is 15.1. The van der Waals surface area contributed by atoms with Gasteiger partial charge in [-0.15, -0.1) is 0 Å². The van der Waals surface area contributed by atoms with Crippen molar-refractivity contribution >= 4 is 7.85 Å². The van der Waals surface area contributed by atoms with E-state index >= 15 is 0 Å². The number of nitrogens with one attached hydrogen (secondary N) is 2. The standard InChI is InChI=1S/C19H27BN2O3/c1-18(2,19(3,4)24-13-20)11-14-5-7-21-16(9-14)17-10-15(12-25-23)6-8-22-17/h5-10,21-23H,11-13H2,1-4H3. The van der Waals surface area contributed by atoms with Gasteiger partial charge in [-0.1, -0.05) is 13.8 Å². The van der Waals surface area contributed by atoms with E-state index in [1.165, 1.54) is 5.57 Å². The molecule has 2 aliphatic heterocycles. The minimum Gasteiger partial charge on any atom is -0.385 e. The molecule has 0 amide bonds. The van der Waals surface area contributed by atoms with Crippen LogP contribution >= 0.6 is 0 Å². The van der Waals surface area contributed by atoms with Crippen molar-refractivity contribution < 1.29 is 14.9 Å². The fourth-order valence-electron chi connectivity index (χ4n) is 2.74. The van der Waals surface area contributed by atoms with Gasteiger partial charge in [-0.2, -0.15) is 0 Å². The summed E-state index contributed by atoms with van der Waals surface area (Å²) in [6, 6.07) is 0. The van der Waals surface area contributed by atoms with Gasteiger partial charge in [0.25, 0.3) is 0 Å². The van der Waals surface area contributed by atoms with Crippen molar-refractivity contribution in [1.82, 2.24) is 10.6 Å². The van der Waals surface area contributed by atoms with Crippen molar-refractivity contribution in [2.45, 2.75) is 39.7 Å². The van der Waals surface area contributed by atoms with Crippen LogP contribution in [0.2, 0.25) is 0 Å². The molecular formula is C19H27BN2O3. The van der Waals surface area contributed by atoms with Gasteiger partial charge >= 0.3 is 0 Å². The number of rotatable bonds is 7. The lowest BCUT2D eigenvalue weighted by molar-refractivity contribution is -0.233. The first-order valence-electron chi connectivity index (χ1n) is 8.41. The molecule has 0 aromatic rings. The molecule has 6 heteroatoms. The highest BCUT2D eigenvalue weighted by Crippen LogP contribution is 2.40. The molecule has 5 nitrogen and oxygen atoms in total. The molecule has 25 heavy (non-hydrogen) atoms. The summed E-state index contributed by atoms with van der Waals surface area (Å²) >= 11 is 0. The third kappa shape index (κ3) is 4.88. The van der Waals surface area contributed by atoms with Gasteiger partial charge in [0.15, 0.2) is 0 Å². The van der Waals surface area contributed by atoms with E-state index in [-0.39, 0.29) is 24.1 Å². The van der Waals surface area contributed by atoms with Crippen LogP contribution in [0.5, 0.6) is 0 Å². The quantitative estimate of drug-likeness (QED) is 0.377. The van der Waals surface area contributed by atoms with Crippen molar-refractivity contribution in [2.24, 2.45) is 5.41 Å². The van der Waals surface area contributed by atoms with Crippen molar-refractivity contribution in [3.05, 3.63) is 59.2 Å². The second-order valence-electron chi connectivity index (χ2n) is 7.38. The Kier molecular flexibility index (Phi) is 6.33. The van der Waals surface area contributed by atoms with Crippen LogP contribution in [-0.4, -0.2) is 31.8 Å². The normalized spacial score (nSPS) is 20.7. The molecule has 0 saturated heterocycles. The molecular weight excluding hydrogens is 315 g/mol. The zero-order valence-electron chi connectivity index (χ0n) is 15.4.